The molecule has 0 spiro atoms. The number of likely N-dealkylation sites (tertiary alicyclic amines) is 1. The van der Waals surface area contributed by atoms with Crippen LogP contribution in [0.2, 0.25) is 0 Å². The molecule has 84 valence electrons. The SMILES string of the molecule is CCNCCC1CCN(CCNC)C1. The van der Waals surface area contributed by atoms with E-state index in [1.807, 2.05) is 7.05 Å². The molecule has 0 amide bonds. The minimum Gasteiger partial charge on any atom is -0.318 e. The van der Waals surface area contributed by atoms with Crippen LogP contribution in [0.5, 0.6) is 0 Å². The second-order valence-electron chi connectivity index (χ2n) is 4.20. The van der Waals surface area contributed by atoms with Crippen LogP contribution >= 0.6 is 0 Å². The van der Waals surface area contributed by atoms with E-state index in [0.29, 0.717) is 0 Å². The first-order valence-electron chi connectivity index (χ1n) is 5.94. The van der Waals surface area contributed by atoms with Crippen molar-refractivity contribution in [3.05, 3.63) is 0 Å². The second kappa shape index (κ2) is 7.21. The summed E-state index contributed by atoms with van der Waals surface area (Å²) >= 11 is 0. The Morgan fingerprint density at radius 2 is 2.21 bits per heavy atom. The molecule has 1 fully saturated rings. The van der Waals surface area contributed by atoms with Gasteiger partial charge in [-0.15, -0.1) is 0 Å². The predicted molar refractivity (Wildman–Crippen MR) is 61.6 cm³/mol. The van der Waals surface area contributed by atoms with Crippen LogP contribution in [0.1, 0.15) is 19.8 Å². The molecule has 0 saturated carbocycles. The zero-order valence-corrected chi connectivity index (χ0v) is 9.68. The van der Waals surface area contributed by atoms with Gasteiger partial charge in [0.1, 0.15) is 0 Å². The molecular formula is C11H25N3. The Balaban J connectivity index is 2.02. The Bertz CT molecular complexity index is 138. The third-order valence-electron chi connectivity index (χ3n) is 3.03. The molecular weight excluding hydrogens is 174 g/mol. The van der Waals surface area contributed by atoms with E-state index in [1.54, 1.807) is 0 Å². The molecule has 1 rings (SSSR count). The van der Waals surface area contributed by atoms with Gasteiger partial charge in [0.25, 0.3) is 0 Å². The van der Waals surface area contributed by atoms with Crippen molar-refractivity contribution in [2.75, 3.05) is 46.3 Å². The minimum absolute atomic E-state index is 0.936. The van der Waals surface area contributed by atoms with Crippen LogP contribution < -0.4 is 10.6 Å². The van der Waals surface area contributed by atoms with Gasteiger partial charge >= 0.3 is 0 Å². The third-order valence-corrected chi connectivity index (χ3v) is 3.03. The normalized spacial score (nSPS) is 23.1. The summed E-state index contributed by atoms with van der Waals surface area (Å²) in [7, 11) is 2.03. The molecule has 0 bridgehead atoms. The Kier molecular flexibility index (Phi) is 6.15. The highest BCUT2D eigenvalue weighted by Crippen LogP contribution is 2.18. The number of rotatable bonds is 7. The van der Waals surface area contributed by atoms with Crippen molar-refractivity contribution in [1.82, 2.24) is 15.5 Å². The molecule has 0 aromatic rings. The van der Waals surface area contributed by atoms with E-state index in [4.69, 9.17) is 0 Å². The summed E-state index contributed by atoms with van der Waals surface area (Å²) in [5, 5.41) is 6.61. The van der Waals surface area contributed by atoms with Gasteiger partial charge in [0, 0.05) is 19.6 Å². The van der Waals surface area contributed by atoms with E-state index in [2.05, 4.69) is 22.5 Å². The van der Waals surface area contributed by atoms with Crippen molar-refractivity contribution < 1.29 is 0 Å². The quantitative estimate of drug-likeness (QED) is 0.586. The van der Waals surface area contributed by atoms with Crippen LogP contribution in [0.4, 0.5) is 0 Å². The zero-order valence-electron chi connectivity index (χ0n) is 9.68. The van der Waals surface area contributed by atoms with Crippen LogP contribution in [-0.4, -0.2) is 51.2 Å². The van der Waals surface area contributed by atoms with Crippen molar-refractivity contribution >= 4 is 0 Å². The van der Waals surface area contributed by atoms with Gasteiger partial charge in [-0.05, 0) is 45.4 Å². The topological polar surface area (TPSA) is 27.3 Å². The van der Waals surface area contributed by atoms with Gasteiger partial charge in [0.15, 0.2) is 0 Å². The van der Waals surface area contributed by atoms with E-state index >= 15 is 0 Å². The van der Waals surface area contributed by atoms with Gasteiger partial charge in [-0.2, -0.15) is 0 Å². The van der Waals surface area contributed by atoms with Crippen LogP contribution in [0.25, 0.3) is 0 Å². The van der Waals surface area contributed by atoms with Crippen LogP contribution in [-0.2, 0) is 0 Å². The monoisotopic (exact) mass is 199 g/mol. The van der Waals surface area contributed by atoms with Crippen LogP contribution in [0.15, 0.2) is 0 Å². The van der Waals surface area contributed by atoms with Crippen LogP contribution in [0.3, 0.4) is 0 Å². The lowest BCUT2D eigenvalue weighted by atomic mass is 10.1. The van der Waals surface area contributed by atoms with Gasteiger partial charge in [0.2, 0.25) is 0 Å². The first-order chi connectivity index (χ1) is 6.86. The smallest absolute Gasteiger partial charge is 0.0107 e. The second-order valence-corrected chi connectivity index (χ2v) is 4.20. The Hall–Kier alpha value is -0.120. The molecule has 1 heterocycles. The molecule has 14 heavy (non-hydrogen) atoms. The lowest BCUT2D eigenvalue weighted by molar-refractivity contribution is 0.321. The third kappa shape index (κ3) is 4.40. The molecule has 1 aliphatic heterocycles. The van der Waals surface area contributed by atoms with Crippen molar-refractivity contribution in [3.8, 4) is 0 Å². The van der Waals surface area contributed by atoms with Crippen molar-refractivity contribution in [2.45, 2.75) is 19.8 Å². The fourth-order valence-corrected chi connectivity index (χ4v) is 2.10. The summed E-state index contributed by atoms with van der Waals surface area (Å²) in [6.07, 6.45) is 2.75. The molecule has 1 unspecified atom stereocenters. The van der Waals surface area contributed by atoms with Gasteiger partial charge in [0.05, 0.1) is 0 Å². The highest BCUT2D eigenvalue weighted by atomic mass is 15.2. The molecule has 3 nitrogen and oxygen atoms in total. The molecule has 0 radical (unpaired) electrons. The van der Waals surface area contributed by atoms with Gasteiger partial charge in [-0.1, -0.05) is 6.92 Å². The fraction of sp³-hybridized carbons (Fsp3) is 1.00. The number of nitrogens with one attached hydrogen (secondary N) is 2. The number of hydrogen-bond donors (Lipinski definition) is 2. The molecule has 0 aliphatic carbocycles. The maximum absolute atomic E-state index is 3.40. The summed E-state index contributed by atoms with van der Waals surface area (Å²) in [6, 6.07) is 0. The standard InChI is InChI=1S/C11H25N3/c1-3-13-6-4-11-5-8-14(10-11)9-7-12-2/h11-13H,3-10H2,1-2H3. The maximum atomic E-state index is 3.40. The van der Waals surface area contributed by atoms with Gasteiger partial charge < -0.3 is 15.5 Å². The summed E-state index contributed by atoms with van der Waals surface area (Å²) in [5.41, 5.74) is 0. The molecule has 1 aliphatic rings. The summed E-state index contributed by atoms with van der Waals surface area (Å²) in [5.74, 6) is 0.936. The lowest BCUT2D eigenvalue weighted by Gasteiger charge is -2.15. The van der Waals surface area contributed by atoms with Crippen molar-refractivity contribution in [3.63, 3.8) is 0 Å². The first-order valence-corrected chi connectivity index (χ1v) is 5.94. The van der Waals surface area contributed by atoms with E-state index in [0.717, 1.165) is 19.0 Å². The van der Waals surface area contributed by atoms with E-state index in [-0.39, 0.29) is 0 Å². The zero-order chi connectivity index (χ0) is 10.2. The average Bonchev–Trinajstić information content (AvgIpc) is 2.63. The van der Waals surface area contributed by atoms with E-state index < -0.39 is 0 Å². The molecule has 3 heteroatoms. The minimum atomic E-state index is 0.936. The van der Waals surface area contributed by atoms with E-state index in [9.17, 15) is 0 Å². The number of nitrogens with zero attached hydrogens (tertiary/aromatic N) is 1. The maximum Gasteiger partial charge on any atom is 0.0107 e. The largest absolute Gasteiger partial charge is 0.318 e. The summed E-state index contributed by atoms with van der Waals surface area (Å²) in [4.78, 5) is 2.58. The Labute approximate surface area is 88.2 Å². The Morgan fingerprint density at radius 3 is 2.93 bits per heavy atom. The average molecular weight is 199 g/mol. The van der Waals surface area contributed by atoms with E-state index in [1.165, 1.54) is 39.0 Å². The Morgan fingerprint density at radius 1 is 1.36 bits per heavy atom. The molecule has 0 aromatic carbocycles. The van der Waals surface area contributed by atoms with Crippen molar-refractivity contribution in [1.29, 1.82) is 0 Å². The van der Waals surface area contributed by atoms with Crippen LogP contribution in [0, 0.1) is 5.92 Å². The molecule has 1 atom stereocenters. The highest BCUT2D eigenvalue weighted by Gasteiger charge is 2.20. The van der Waals surface area contributed by atoms with Crippen molar-refractivity contribution in [2.24, 2.45) is 5.92 Å². The number of likely N-dealkylation sites (N-methyl/N-ethyl adjacent to an activating group) is 1. The molecule has 0 aromatic heterocycles. The predicted octanol–water partition coefficient (Wildman–Crippen LogP) is 0.527. The molecule has 1 saturated heterocycles. The fourth-order valence-electron chi connectivity index (χ4n) is 2.10. The molecule has 2 N–H and O–H groups in total. The summed E-state index contributed by atoms with van der Waals surface area (Å²) in [6.45, 7) is 9.44. The van der Waals surface area contributed by atoms with Gasteiger partial charge in [-0.3, -0.25) is 0 Å². The van der Waals surface area contributed by atoms with Gasteiger partial charge in [-0.25, -0.2) is 0 Å². The number of hydrogen-bond acceptors (Lipinski definition) is 3. The summed E-state index contributed by atoms with van der Waals surface area (Å²) < 4.78 is 0. The highest BCUT2D eigenvalue weighted by molar-refractivity contribution is 4.76. The lowest BCUT2D eigenvalue weighted by Crippen LogP contribution is -2.29. The first kappa shape index (κ1) is 12.0.